The van der Waals surface area contributed by atoms with Crippen LogP contribution < -0.4 is 5.73 Å². The van der Waals surface area contributed by atoms with Crippen LogP contribution in [0.3, 0.4) is 0 Å². The van der Waals surface area contributed by atoms with Crippen molar-refractivity contribution in [1.82, 2.24) is 4.90 Å². The van der Waals surface area contributed by atoms with Gasteiger partial charge < -0.3 is 15.4 Å². The van der Waals surface area contributed by atoms with Crippen LogP contribution in [0.1, 0.15) is 28.8 Å². The molecule has 0 bridgehead atoms. The van der Waals surface area contributed by atoms with Crippen LogP contribution in [0.15, 0.2) is 12.1 Å². The molecule has 1 amide bonds. The van der Waals surface area contributed by atoms with E-state index < -0.39 is 11.7 Å². The van der Waals surface area contributed by atoms with Gasteiger partial charge in [-0.25, -0.2) is 4.39 Å². The number of nitrogens with zero attached hydrogens (tertiary/aromatic N) is 1. The second kappa shape index (κ2) is 6.88. The highest BCUT2D eigenvalue weighted by molar-refractivity contribution is 5.95. The van der Waals surface area contributed by atoms with Crippen LogP contribution in [0.5, 0.6) is 0 Å². The molecule has 0 spiro atoms. The number of ether oxygens (including phenoxy) is 1. The van der Waals surface area contributed by atoms with E-state index in [-0.39, 0.29) is 18.0 Å². The van der Waals surface area contributed by atoms with Crippen LogP contribution in [-0.2, 0) is 9.53 Å². The summed E-state index contributed by atoms with van der Waals surface area (Å²) in [6.45, 7) is 1.89. The number of carbonyl (C=O) groups excluding carboxylic acids is 2. The number of esters is 1. The Balaban J connectivity index is 2.72. The Morgan fingerprint density at radius 1 is 1.40 bits per heavy atom. The van der Waals surface area contributed by atoms with Crippen molar-refractivity contribution in [1.29, 1.82) is 0 Å². The standard InChI is InChI=1S/C14H19FN2O3/c1-9-7-10(16)8-11(13(9)15)14(19)17(2)6-4-5-12(18)20-3/h7-8H,4-6,16H2,1-3H3. The maximum atomic E-state index is 13.9. The van der Waals surface area contributed by atoms with E-state index >= 15 is 0 Å². The molecule has 1 rings (SSSR count). The van der Waals surface area contributed by atoms with Crippen molar-refractivity contribution in [3.8, 4) is 0 Å². The van der Waals surface area contributed by atoms with Gasteiger partial charge in [-0.15, -0.1) is 0 Å². The Kier molecular flexibility index (Phi) is 5.49. The molecule has 0 unspecified atom stereocenters. The molecule has 0 heterocycles. The third kappa shape index (κ3) is 3.94. The molecular formula is C14H19FN2O3. The molecule has 0 aliphatic rings. The number of hydrogen-bond donors (Lipinski definition) is 1. The molecule has 0 aromatic heterocycles. The number of halogens is 1. The van der Waals surface area contributed by atoms with Crippen LogP contribution in [0.2, 0.25) is 0 Å². The van der Waals surface area contributed by atoms with E-state index in [4.69, 9.17) is 5.73 Å². The Morgan fingerprint density at radius 2 is 2.05 bits per heavy atom. The Bertz CT molecular complexity index is 517. The molecule has 0 atom stereocenters. The number of carbonyl (C=O) groups is 2. The molecule has 0 aliphatic heterocycles. The second-order valence-corrected chi connectivity index (χ2v) is 4.61. The van der Waals surface area contributed by atoms with Crippen molar-refractivity contribution in [3.63, 3.8) is 0 Å². The lowest BCUT2D eigenvalue weighted by Gasteiger charge is -2.18. The number of benzene rings is 1. The molecule has 1 aromatic rings. The zero-order valence-electron chi connectivity index (χ0n) is 11.9. The number of amides is 1. The van der Waals surface area contributed by atoms with Gasteiger partial charge >= 0.3 is 5.97 Å². The number of aryl methyl sites for hydroxylation is 1. The topological polar surface area (TPSA) is 72.6 Å². The van der Waals surface area contributed by atoms with Crippen LogP contribution in [0, 0.1) is 12.7 Å². The van der Waals surface area contributed by atoms with Gasteiger partial charge in [-0.1, -0.05) is 0 Å². The molecule has 0 saturated heterocycles. The van der Waals surface area contributed by atoms with E-state index in [1.54, 1.807) is 14.0 Å². The third-order valence-corrected chi connectivity index (χ3v) is 2.96. The van der Waals surface area contributed by atoms with Gasteiger partial charge in [-0.3, -0.25) is 9.59 Å². The van der Waals surface area contributed by atoms with Gasteiger partial charge in [0.1, 0.15) is 5.82 Å². The van der Waals surface area contributed by atoms with Crippen molar-refractivity contribution in [2.24, 2.45) is 0 Å². The molecule has 1 aromatic carbocycles. The fourth-order valence-electron chi connectivity index (χ4n) is 1.82. The van der Waals surface area contributed by atoms with Gasteiger partial charge in [0.25, 0.3) is 5.91 Å². The van der Waals surface area contributed by atoms with Crippen molar-refractivity contribution in [3.05, 3.63) is 29.1 Å². The van der Waals surface area contributed by atoms with Crippen LogP contribution in [-0.4, -0.2) is 37.5 Å². The van der Waals surface area contributed by atoms with Crippen LogP contribution in [0.25, 0.3) is 0 Å². The molecule has 5 nitrogen and oxygen atoms in total. The summed E-state index contributed by atoms with van der Waals surface area (Å²) >= 11 is 0. The molecule has 0 fully saturated rings. The summed E-state index contributed by atoms with van der Waals surface area (Å²) in [5.74, 6) is -1.36. The SMILES string of the molecule is COC(=O)CCCN(C)C(=O)c1cc(N)cc(C)c1F. The van der Waals surface area contributed by atoms with E-state index in [1.807, 2.05) is 0 Å². The minimum Gasteiger partial charge on any atom is -0.469 e. The Morgan fingerprint density at radius 3 is 2.65 bits per heavy atom. The summed E-state index contributed by atoms with van der Waals surface area (Å²) < 4.78 is 18.4. The lowest BCUT2D eigenvalue weighted by atomic mass is 10.1. The summed E-state index contributed by atoms with van der Waals surface area (Å²) in [7, 11) is 2.86. The van der Waals surface area contributed by atoms with Gasteiger partial charge in [-0.2, -0.15) is 0 Å². The number of hydrogen-bond acceptors (Lipinski definition) is 4. The number of nitrogen functional groups attached to an aromatic ring is 1. The van der Waals surface area contributed by atoms with Crippen molar-refractivity contribution in [2.75, 3.05) is 26.4 Å². The first-order valence-corrected chi connectivity index (χ1v) is 6.24. The van der Waals surface area contributed by atoms with Crippen molar-refractivity contribution >= 4 is 17.6 Å². The van der Waals surface area contributed by atoms with Gasteiger partial charge in [0.2, 0.25) is 0 Å². The molecule has 0 aliphatic carbocycles. The largest absolute Gasteiger partial charge is 0.469 e. The normalized spacial score (nSPS) is 10.2. The maximum absolute atomic E-state index is 13.9. The minimum absolute atomic E-state index is 0.0527. The first-order chi connectivity index (χ1) is 9.36. The number of rotatable bonds is 5. The van der Waals surface area contributed by atoms with Crippen molar-refractivity contribution < 1.29 is 18.7 Å². The zero-order valence-corrected chi connectivity index (χ0v) is 11.9. The molecule has 0 radical (unpaired) electrons. The number of methoxy groups -OCH3 is 1. The van der Waals surface area contributed by atoms with Gasteiger partial charge in [0, 0.05) is 25.7 Å². The van der Waals surface area contributed by atoms with Gasteiger partial charge in [-0.05, 0) is 31.0 Å². The molecular weight excluding hydrogens is 263 g/mol. The third-order valence-electron chi connectivity index (χ3n) is 2.96. The quantitative estimate of drug-likeness (QED) is 0.659. The monoisotopic (exact) mass is 282 g/mol. The Labute approximate surface area is 117 Å². The van der Waals surface area contributed by atoms with E-state index in [0.29, 0.717) is 24.2 Å². The fourth-order valence-corrected chi connectivity index (χ4v) is 1.82. The van der Waals surface area contributed by atoms with Gasteiger partial charge in [0.15, 0.2) is 0 Å². The lowest BCUT2D eigenvalue weighted by molar-refractivity contribution is -0.140. The summed E-state index contributed by atoms with van der Waals surface area (Å²) in [5.41, 5.74) is 6.25. The summed E-state index contributed by atoms with van der Waals surface area (Å²) in [4.78, 5) is 24.5. The first kappa shape index (κ1) is 15.9. The molecule has 20 heavy (non-hydrogen) atoms. The molecule has 0 saturated carbocycles. The van der Waals surface area contributed by atoms with E-state index in [9.17, 15) is 14.0 Å². The average Bonchev–Trinajstić information content (AvgIpc) is 2.41. The average molecular weight is 282 g/mol. The predicted molar refractivity (Wildman–Crippen MR) is 73.8 cm³/mol. The van der Waals surface area contributed by atoms with E-state index in [0.717, 1.165) is 0 Å². The maximum Gasteiger partial charge on any atom is 0.305 e. The zero-order chi connectivity index (χ0) is 15.3. The highest BCUT2D eigenvalue weighted by Crippen LogP contribution is 2.18. The first-order valence-electron chi connectivity index (χ1n) is 6.24. The van der Waals surface area contributed by atoms with Gasteiger partial charge in [0.05, 0.1) is 12.7 Å². The minimum atomic E-state index is -0.566. The fraction of sp³-hybridized carbons (Fsp3) is 0.429. The van der Waals surface area contributed by atoms with E-state index in [1.165, 1.54) is 24.1 Å². The highest BCUT2D eigenvalue weighted by atomic mass is 19.1. The lowest BCUT2D eigenvalue weighted by Crippen LogP contribution is -2.29. The smallest absolute Gasteiger partial charge is 0.305 e. The summed E-state index contributed by atoms with van der Waals surface area (Å²) in [6.07, 6.45) is 0.671. The summed E-state index contributed by atoms with van der Waals surface area (Å²) in [6, 6.07) is 2.80. The van der Waals surface area contributed by atoms with Crippen LogP contribution in [0.4, 0.5) is 10.1 Å². The molecule has 110 valence electrons. The Hall–Kier alpha value is -2.11. The molecule has 6 heteroatoms. The van der Waals surface area contributed by atoms with E-state index in [2.05, 4.69) is 4.74 Å². The van der Waals surface area contributed by atoms with Crippen LogP contribution >= 0.6 is 0 Å². The molecule has 2 N–H and O–H groups in total. The second-order valence-electron chi connectivity index (χ2n) is 4.61. The summed E-state index contributed by atoms with van der Waals surface area (Å²) in [5, 5.41) is 0. The number of anilines is 1. The highest BCUT2D eigenvalue weighted by Gasteiger charge is 2.18. The van der Waals surface area contributed by atoms with Crippen molar-refractivity contribution in [2.45, 2.75) is 19.8 Å². The predicted octanol–water partition coefficient (Wildman–Crippen LogP) is 1.74. The number of nitrogens with two attached hydrogens (primary N) is 1.